The summed E-state index contributed by atoms with van der Waals surface area (Å²) >= 11 is 8.04. The number of thioether (sulfide) groups is 1. The molecule has 100 valence electrons. The van der Waals surface area contributed by atoms with E-state index in [2.05, 4.69) is 43.1 Å². The molecule has 0 aliphatic carbocycles. The molecule has 2 rings (SSSR count). The second-order valence-corrected chi connectivity index (χ2v) is 6.99. The summed E-state index contributed by atoms with van der Waals surface area (Å²) in [4.78, 5) is 0. The van der Waals surface area contributed by atoms with Gasteiger partial charge in [0.15, 0.2) is 0 Å². The van der Waals surface area contributed by atoms with Gasteiger partial charge >= 0.3 is 0 Å². The zero-order chi connectivity index (χ0) is 13.0. The smallest absolute Gasteiger partial charge is 0.0406 e. The Kier molecular flexibility index (Phi) is 5.40. The van der Waals surface area contributed by atoms with Crippen LogP contribution >= 0.6 is 23.4 Å². The first-order valence-corrected chi connectivity index (χ1v) is 8.29. The molecule has 1 aromatic carbocycles. The first-order valence-electron chi connectivity index (χ1n) is 6.76. The Labute approximate surface area is 120 Å². The van der Waals surface area contributed by atoms with Gasteiger partial charge in [-0.1, -0.05) is 37.6 Å². The highest BCUT2D eigenvalue weighted by Crippen LogP contribution is 2.26. The van der Waals surface area contributed by atoms with Crippen LogP contribution in [-0.2, 0) is 0 Å². The van der Waals surface area contributed by atoms with Crippen molar-refractivity contribution >= 4 is 23.4 Å². The van der Waals surface area contributed by atoms with Crippen LogP contribution in [0.2, 0.25) is 5.02 Å². The number of benzene rings is 1. The third kappa shape index (κ3) is 3.91. The standard InChI is InChI=1S/C15H22ClNS/c1-11(2)15(12-3-5-13(16)6-4-12)17-14-7-9-18-10-8-14/h3-6,11,14-15,17H,7-10H2,1-2H3. The summed E-state index contributed by atoms with van der Waals surface area (Å²) in [5.41, 5.74) is 1.35. The first-order chi connectivity index (χ1) is 8.66. The van der Waals surface area contributed by atoms with E-state index in [0.29, 0.717) is 18.0 Å². The first kappa shape index (κ1) is 14.2. The quantitative estimate of drug-likeness (QED) is 0.872. The van der Waals surface area contributed by atoms with Gasteiger partial charge in [-0.15, -0.1) is 0 Å². The van der Waals surface area contributed by atoms with Gasteiger partial charge in [0, 0.05) is 17.1 Å². The normalized spacial score (nSPS) is 19.1. The maximum absolute atomic E-state index is 5.96. The summed E-state index contributed by atoms with van der Waals surface area (Å²) < 4.78 is 0. The summed E-state index contributed by atoms with van der Waals surface area (Å²) in [6.45, 7) is 4.56. The second-order valence-electron chi connectivity index (χ2n) is 5.33. The molecule has 0 amide bonds. The lowest BCUT2D eigenvalue weighted by Crippen LogP contribution is -2.37. The Morgan fingerprint density at radius 3 is 2.33 bits per heavy atom. The molecule has 1 heterocycles. The van der Waals surface area contributed by atoms with Crippen LogP contribution < -0.4 is 5.32 Å². The number of nitrogens with one attached hydrogen (secondary N) is 1. The van der Waals surface area contributed by atoms with Crippen LogP contribution in [0.4, 0.5) is 0 Å². The van der Waals surface area contributed by atoms with Crippen molar-refractivity contribution in [3.63, 3.8) is 0 Å². The van der Waals surface area contributed by atoms with Crippen molar-refractivity contribution in [3.8, 4) is 0 Å². The molecule has 1 unspecified atom stereocenters. The lowest BCUT2D eigenvalue weighted by atomic mass is 9.94. The Morgan fingerprint density at radius 2 is 1.78 bits per heavy atom. The van der Waals surface area contributed by atoms with E-state index >= 15 is 0 Å². The molecule has 1 atom stereocenters. The van der Waals surface area contributed by atoms with Crippen molar-refractivity contribution in [2.24, 2.45) is 5.92 Å². The van der Waals surface area contributed by atoms with E-state index in [4.69, 9.17) is 11.6 Å². The summed E-state index contributed by atoms with van der Waals surface area (Å²) in [6.07, 6.45) is 2.59. The van der Waals surface area contributed by atoms with Gasteiger partial charge < -0.3 is 5.32 Å². The number of rotatable bonds is 4. The molecule has 3 heteroatoms. The molecular formula is C15H22ClNS. The summed E-state index contributed by atoms with van der Waals surface area (Å²) in [7, 11) is 0. The fourth-order valence-corrected chi connectivity index (χ4v) is 3.69. The molecule has 1 aliphatic heterocycles. The van der Waals surface area contributed by atoms with Gasteiger partial charge in [-0.25, -0.2) is 0 Å². The molecule has 1 aromatic rings. The monoisotopic (exact) mass is 283 g/mol. The topological polar surface area (TPSA) is 12.0 Å². The average molecular weight is 284 g/mol. The highest BCUT2D eigenvalue weighted by atomic mass is 35.5. The molecule has 1 nitrogen and oxygen atoms in total. The Bertz CT molecular complexity index is 357. The molecule has 0 radical (unpaired) electrons. The zero-order valence-electron chi connectivity index (χ0n) is 11.2. The molecule has 1 fully saturated rings. The zero-order valence-corrected chi connectivity index (χ0v) is 12.7. The Balaban J connectivity index is 2.05. The fraction of sp³-hybridized carbons (Fsp3) is 0.600. The van der Waals surface area contributed by atoms with Crippen molar-refractivity contribution in [3.05, 3.63) is 34.9 Å². The van der Waals surface area contributed by atoms with Gasteiger partial charge in [-0.2, -0.15) is 11.8 Å². The highest BCUT2D eigenvalue weighted by Gasteiger charge is 2.21. The van der Waals surface area contributed by atoms with Gasteiger partial charge in [-0.05, 0) is 48.0 Å². The van der Waals surface area contributed by atoms with Crippen molar-refractivity contribution < 1.29 is 0 Å². The van der Waals surface area contributed by atoms with Gasteiger partial charge in [-0.3, -0.25) is 0 Å². The van der Waals surface area contributed by atoms with E-state index in [9.17, 15) is 0 Å². The number of hydrogen-bond donors (Lipinski definition) is 1. The minimum Gasteiger partial charge on any atom is -0.307 e. The molecule has 18 heavy (non-hydrogen) atoms. The van der Waals surface area contributed by atoms with Crippen LogP contribution in [0.5, 0.6) is 0 Å². The van der Waals surface area contributed by atoms with Gasteiger partial charge in [0.05, 0.1) is 0 Å². The molecular weight excluding hydrogens is 262 g/mol. The van der Waals surface area contributed by atoms with Crippen molar-refractivity contribution in [2.45, 2.75) is 38.8 Å². The predicted molar refractivity (Wildman–Crippen MR) is 82.5 cm³/mol. The van der Waals surface area contributed by atoms with E-state index in [1.165, 1.54) is 29.9 Å². The predicted octanol–water partition coefficient (Wildman–Crippen LogP) is 4.52. The third-order valence-electron chi connectivity index (χ3n) is 3.53. The Hall–Kier alpha value is -0.180. The maximum Gasteiger partial charge on any atom is 0.0406 e. The third-order valence-corrected chi connectivity index (χ3v) is 4.83. The average Bonchev–Trinajstić information content (AvgIpc) is 2.38. The highest BCUT2D eigenvalue weighted by molar-refractivity contribution is 7.99. The summed E-state index contributed by atoms with van der Waals surface area (Å²) in [6, 6.07) is 9.40. The minimum atomic E-state index is 0.440. The molecule has 1 aliphatic rings. The van der Waals surface area contributed by atoms with Gasteiger partial charge in [0.25, 0.3) is 0 Å². The van der Waals surface area contributed by atoms with Crippen molar-refractivity contribution in [1.82, 2.24) is 5.32 Å². The second kappa shape index (κ2) is 6.83. The number of halogens is 1. The molecule has 0 bridgehead atoms. The van der Waals surface area contributed by atoms with E-state index in [0.717, 1.165) is 5.02 Å². The Morgan fingerprint density at radius 1 is 1.17 bits per heavy atom. The molecule has 0 saturated carbocycles. The van der Waals surface area contributed by atoms with E-state index < -0.39 is 0 Å². The molecule has 1 saturated heterocycles. The van der Waals surface area contributed by atoms with E-state index in [-0.39, 0.29) is 0 Å². The van der Waals surface area contributed by atoms with Crippen LogP contribution in [0, 0.1) is 5.92 Å². The molecule has 0 spiro atoms. The van der Waals surface area contributed by atoms with Gasteiger partial charge in [0.1, 0.15) is 0 Å². The lowest BCUT2D eigenvalue weighted by molar-refractivity contribution is 0.346. The van der Waals surface area contributed by atoms with E-state index in [1.807, 2.05) is 12.1 Å². The van der Waals surface area contributed by atoms with Crippen molar-refractivity contribution in [1.29, 1.82) is 0 Å². The van der Waals surface area contributed by atoms with Crippen molar-refractivity contribution in [2.75, 3.05) is 11.5 Å². The van der Waals surface area contributed by atoms with Crippen LogP contribution in [0.1, 0.15) is 38.3 Å². The van der Waals surface area contributed by atoms with Crippen LogP contribution in [0.3, 0.4) is 0 Å². The fourth-order valence-electron chi connectivity index (χ4n) is 2.46. The summed E-state index contributed by atoms with van der Waals surface area (Å²) in [5.74, 6) is 3.19. The van der Waals surface area contributed by atoms with Crippen LogP contribution in [0.25, 0.3) is 0 Å². The van der Waals surface area contributed by atoms with Gasteiger partial charge in [0.2, 0.25) is 0 Å². The van der Waals surface area contributed by atoms with E-state index in [1.54, 1.807) is 0 Å². The number of hydrogen-bond acceptors (Lipinski definition) is 2. The minimum absolute atomic E-state index is 0.440. The lowest BCUT2D eigenvalue weighted by Gasteiger charge is -2.31. The largest absolute Gasteiger partial charge is 0.307 e. The van der Waals surface area contributed by atoms with Crippen LogP contribution in [0.15, 0.2) is 24.3 Å². The SMILES string of the molecule is CC(C)C(NC1CCSCC1)c1ccc(Cl)cc1. The summed E-state index contributed by atoms with van der Waals surface area (Å²) in [5, 5.41) is 4.65. The molecule has 0 aromatic heterocycles. The maximum atomic E-state index is 5.96. The molecule has 1 N–H and O–H groups in total. The van der Waals surface area contributed by atoms with Crippen LogP contribution in [-0.4, -0.2) is 17.5 Å².